The van der Waals surface area contributed by atoms with Gasteiger partial charge in [-0.1, -0.05) is 28.1 Å². The largest absolute Gasteiger partial charge is 0.573 e. The average molecular weight is 551 g/mol. The first kappa shape index (κ1) is 25.1. The van der Waals surface area contributed by atoms with Crippen molar-refractivity contribution in [3.63, 3.8) is 0 Å². The number of ether oxygens (including phenoxy) is 3. The zero-order valence-electron chi connectivity index (χ0n) is 16.7. The van der Waals surface area contributed by atoms with E-state index in [9.17, 15) is 31.1 Å². The van der Waals surface area contributed by atoms with Gasteiger partial charge in [-0.05, 0) is 30.3 Å². The minimum absolute atomic E-state index is 0.0318. The van der Waals surface area contributed by atoms with Crippen LogP contribution in [-0.2, 0) is 6.54 Å². The van der Waals surface area contributed by atoms with Gasteiger partial charge in [-0.25, -0.2) is 4.98 Å². The molecule has 0 fully saturated rings. The maximum absolute atomic E-state index is 12.6. The number of hydrogen-bond acceptors (Lipinski definition) is 5. The van der Waals surface area contributed by atoms with Crippen LogP contribution in [0.1, 0.15) is 15.9 Å². The molecule has 6 nitrogen and oxygen atoms in total. The summed E-state index contributed by atoms with van der Waals surface area (Å²) in [6.07, 6.45) is -8.58. The van der Waals surface area contributed by atoms with E-state index in [0.29, 0.717) is 4.47 Å². The number of nitrogens with zero attached hydrogens (tertiary/aromatic N) is 1. The standard InChI is InChI=1S/C21H13BrF6N2O4/c22-14-5-4-13(17(9-14)34-21(26,27)28)11-30-19(31)12-6-7-29-18(8-12)32-15-2-1-3-16(10-15)33-20(23,24)25/h1-10H,11H2,(H,30,31). The summed E-state index contributed by atoms with van der Waals surface area (Å²) in [7, 11) is 0. The summed E-state index contributed by atoms with van der Waals surface area (Å²) in [5.74, 6) is -1.80. The molecule has 34 heavy (non-hydrogen) atoms. The summed E-state index contributed by atoms with van der Waals surface area (Å²) < 4.78 is 88.6. The lowest BCUT2D eigenvalue weighted by Gasteiger charge is -2.14. The summed E-state index contributed by atoms with van der Waals surface area (Å²) in [6.45, 7) is -0.285. The van der Waals surface area contributed by atoms with Crippen LogP contribution in [0.5, 0.6) is 23.1 Å². The first-order valence-corrected chi connectivity index (χ1v) is 9.99. The molecule has 0 radical (unpaired) electrons. The molecule has 1 heterocycles. The van der Waals surface area contributed by atoms with Gasteiger partial charge in [0.1, 0.15) is 17.2 Å². The van der Waals surface area contributed by atoms with Crippen LogP contribution in [0.25, 0.3) is 0 Å². The Morgan fingerprint density at radius 2 is 1.62 bits per heavy atom. The Balaban J connectivity index is 1.69. The highest BCUT2D eigenvalue weighted by Gasteiger charge is 2.32. The SMILES string of the molecule is O=C(NCc1ccc(Br)cc1OC(F)(F)F)c1ccnc(Oc2cccc(OC(F)(F)F)c2)c1. The van der Waals surface area contributed by atoms with E-state index in [0.717, 1.165) is 18.2 Å². The van der Waals surface area contributed by atoms with Crippen molar-refractivity contribution in [2.75, 3.05) is 0 Å². The van der Waals surface area contributed by atoms with Crippen molar-refractivity contribution >= 4 is 21.8 Å². The van der Waals surface area contributed by atoms with Crippen molar-refractivity contribution in [2.24, 2.45) is 0 Å². The molecule has 0 aliphatic heterocycles. The lowest BCUT2D eigenvalue weighted by molar-refractivity contribution is -0.275. The third-order valence-corrected chi connectivity index (χ3v) is 4.45. The van der Waals surface area contributed by atoms with Gasteiger partial charge >= 0.3 is 12.7 Å². The van der Waals surface area contributed by atoms with Crippen LogP contribution in [0.15, 0.2) is 65.3 Å². The average Bonchev–Trinajstić information content (AvgIpc) is 2.71. The molecule has 1 amide bonds. The highest BCUT2D eigenvalue weighted by molar-refractivity contribution is 9.10. The quantitative estimate of drug-likeness (QED) is 0.346. The summed E-state index contributed by atoms with van der Waals surface area (Å²) in [5.41, 5.74) is 0.115. The van der Waals surface area contributed by atoms with E-state index in [-0.39, 0.29) is 29.3 Å². The molecule has 0 unspecified atom stereocenters. The summed E-state index contributed by atoms with van der Waals surface area (Å²) >= 11 is 3.06. The molecular weight excluding hydrogens is 538 g/mol. The number of aromatic nitrogens is 1. The number of halogens is 7. The summed E-state index contributed by atoms with van der Waals surface area (Å²) in [4.78, 5) is 16.4. The number of nitrogens with one attached hydrogen (secondary N) is 1. The second-order valence-corrected chi connectivity index (χ2v) is 7.41. The van der Waals surface area contributed by atoms with Gasteiger partial charge in [-0.15, -0.1) is 26.3 Å². The number of benzene rings is 2. The lowest BCUT2D eigenvalue weighted by Crippen LogP contribution is -2.24. The molecule has 1 N–H and O–H groups in total. The van der Waals surface area contributed by atoms with Crippen LogP contribution in [0.2, 0.25) is 0 Å². The van der Waals surface area contributed by atoms with Crippen molar-refractivity contribution in [2.45, 2.75) is 19.3 Å². The van der Waals surface area contributed by atoms with Gasteiger partial charge in [0.25, 0.3) is 5.91 Å². The molecule has 13 heteroatoms. The second-order valence-electron chi connectivity index (χ2n) is 6.49. The number of carbonyl (C=O) groups excluding carboxylic acids is 1. The van der Waals surface area contributed by atoms with E-state index < -0.39 is 30.1 Å². The van der Waals surface area contributed by atoms with E-state index in [1.807, 2.05) is 0 Å². The number of pyridine rings is 1. The molecule has 0 aliphatic rings. The molecule has 3 aromatic rings. The zero-order chi connectivity index (χ0) is 24.9. The van der Waals surface area contributed by atoms with Crippen molar-refractivity contribution < 1.29 is 45.3 Å². The number of amides is 1. The highest BCUT2D eigenvalue weighted by atomic mass is 79.9. The van der Waals surface area contributed by atoms with E-state index in [2.05, 4.69) is 35.7 Å². The maximum atomic E-state index is 12.6. The van der Waals surface area contributed by atoms with Gasteiger partial charge < -0.3 is 19.5 Å². The Bertz CT molecular complexity index is 1170. The first-order chi connectivity index (χ1) is 15.9. The predicted molar refractivity (Wildman–Crippen MR) is 109 cm³/mol. The number of hydrogen-bond donors (Lipinski definition) is 1. The molecule has 1 aromatic heterocycles. The van der Waals surface area contributed by atoms with Crippen molar-refractivity contribution in [1.29, 1.82) is 0 Å². The fraction of sp³-hybridized carbons (Fsp3) is 0.143. The molecule has 0 spiro atoms. The number of carbonyl (C=O) groups is 1. The summed E-state index contributed by atoms with van der Waals surface area (Å²) in [6, 6.07) is 11.2. The van der Waals surface area contributed by atoms with Crippen molar-refractivity contribution in [3.05, 3.63) is 76.4 Å². The topological polar surface area (TPSA) is 69.7 Å². The monoisotopic (exact) mass is 550 g/mol. The van der Waals surface area contributed by atoms with Gasteiger partial charge in [0.15, 0.2) is 0 Å². The van der Waals surface area contributed by atoms with Gasteiger partial charge in [-0.2, -0.15) is 0 Å². The highest BCUT2D eigenvalue weighted by Crippen LogP contribution is 2.30. The maximum Gasteiger partial charge on any atom is 0.573 e. The first-order valence-electron chi connectivity index (χ1n) is 9.20. The third kappa shape index (κ3) is 7.83. The molecule has 2 aromatic carbocycles. The Morgan fingerprint density at radius 3 is 2.32 bits per heavy atom. The van der Waals surface area contributed by atoms with E-state index >= 15 is 0 Å². The Kier molecular flexibility index (Phi) is 7.54. The summed E-state index contributed by atoms with van der Waals surface area (Å²) in [5, 5.41) is 2.46. The van der Waals surface area contributed by atoms with Crippen LogP contribution < -0.4 is 19.5 Å². The van der Waals surface area contributed by atoms with E-state index in [1.54, 1.807) is 0 Å². The van der Waals surface area contributed by atoms with Gasteiger partial charge in [-0.3, -0.25) is 4.79 Å². The minimum atomic E-state index is -4.92. The van der Waals surface area contributed by atoms with Crippen LogP contribution in [0, 0.1) is 0 Å². The third-order valence-electron chi connectivity index (χ3n) is 3.95. The fourth-order valence-corrected chi connectivity index (χ4v) is 2.97. The smallest absolute Gasteiger partial charge is 0.439 e. The van der Waals surface area contributed by atoms with Crippen LogP contribution in [0.3, 0.4) is 0 Å². The van der Waals surface area contributed by atoms with Crippen molar-refractivity contribution in [3.8, 4) is 23.1 Å². The van der Waals surface area contributed by atoms with Crippen molar-refractivity contribution in [1.82, 2.24) is 10.3 Å². The number of rotatable bonds is 7. The molecule has 180 valence electrons. The second kappa shape index (κ2) is 10.2. The Morgan fingerprint density at radius 1 is 0.912 bits per heavy atom. The number of alkyl halides is 6. The normalized spacial score (nSPS) is 11.6. The minimum Gasteiger partial charge on any atom is -0.439 e. The van der Waals surface area contributed by atoms with E-state index in [4.69, 9.17) is 4.74 Å². The predicted octanol–water partition coefficient (Wildman–Crippen LogP) is 6.36. The van der Waals surface area contributed by atoms with Gasteiger partial charge in [0.05, 0.1) is 0 Å². The van der Waals surface area contributed by atoms with Crippen LogP contribution in [-0.4, -0.2) is 23.6 Å². The Hall–Kier alpha value is -3.48. The Labute approximate surface area is 196 Å². The molecule has 0 aliphatic carbocycles. The van der Waals surface area contributed by atoms with Crippen LogP contribution >= 0.6 is 15.9 Å². The molecule has 0 saturated carbocycles. The molecule has 0 atom stereocenters. The molecular formula is C21H13BrF6N2O4. The van der Waals surface area contributed by atoms with Gasteiger partial charge in [0, 0.05) is 40.5 Å². The zero-order valence-corrected chi connectivity index (χ0v) is 18.3. The molecule has 0 bridgehead atoms. The van der Waals surface area contributed by atoms with Crippen LogP contribution in [0.4, 0.5) is 26.3 Å². The van der Waals surface area contributed by atoms with E-state index in [1.165, 1.54) is 42.6 Å². The molecule has 0 saturated heterocycles. The van der Waals surface area contributed by atoms with Gasteiger partial charge in [0.2, 0.25) is 5.88 Å². The fourth-order valence-electron chi connectivity index (χ4n) is 2.63. The lowest BCUT2D eigenvalue weighted by atomic mass is 10.2. The molecule has 3 rings (SSSR count).